The molecule has 0 radical (unpaired) electrons. The molecule has 3 nitrogen and oxygen atoms in total. The summed E-state index contributed by atoms with van der Waals surface area (Å²) in [6, 6.07) is 16.3. The van der Waals surface area contributed by atoms with Crippen molar-refractivity contribution in [1.82, 2.24) is 10.2 Å². The van der Waals surface area contributed by atoms with E-state index in [1.165, 1.54) is 11.1 Å². The Morgan fingerprint density at radius 2 is 1.70 bits per heavy atom. The van der Waals surface area contributed by atoms with Crippen LogP contribution in [0.2, 0.25) is 5.02 Å². The number of anilines is 2. The van der Waals surface area contributed by atoms with E-state index in [1.807, 2.05) is 24.3 Å². The van der Waals surface area contributed by atoms with E-state index in [1.54, 1.807) is 23.1 Å². The number of nitrogens with zero attached hydrogens (tertiary/aromatic N) is 2. The molecule has 0 spiro atoms. The van der Waals surface area contributed by atoms with Gasteiger partial charge in [-0.3, -0.25) is 0 Å². The first-order chi connectivity index (χ1) is 11.2. The summed E-state index contributed by atoms with van der Waals surface area (Å²) in [5.41, 5.74) is 3.58. The molecule has 1 N–H and O–H groups in total. The van der Waals surface area contributed by atoms with Gasteiger partial charge in [0.15, 0.2) is 4.34 Å². The molecule has 0 aliphatic rings. The number of rotatable bonds is 6. The minimum absolute atomic E-state index is 0.759. The smallest absolute Gasteiger partial charge is 0.210 e. The van der Waals surface area contributed by atoms with Crippen LogP contribution in [-0.2, 0) is 12.2 Å². The van der Waals surface area contributed by atoms with Gasteiger partial charge in [0.25, 0.3) is 0 Å². The zero-order chi connectivity index (χ0) is 16.1. The van der Waals surface area contributed by atoms with Crippen LogP contribution >= 0.6 is 34.7 Å². The topological polar surface area (TPSA) is 37.8 Å². The highest BCUT2D eigenvalue weighted by atomic mass is 35.5. The van der Waals surface area contributed by atoms with Gasteiger partial charge in [-0.1, -0.05) is 65.9 Å². The number of hydrogen-bond donors (Lipinski definition) is 1. The zero-order valence-electron chi connectivity index (χ0n) is 12.6. The normalized spacial score (nSPS) is 10.7. The van der Waals surface area contributed by atoms with Gasteiger partial charge in [-0.2, -0.15) is 0 Å². The van der Waals surface area contributed by atoms with Crippen LogP contribution in [0.1, 0.15) is 18.1 Å². The first kappa shape index (κ1) is 16.3. The molecule has 0 aliphatic heterocycles. The molecule has 0 fully saturated rings. The van der Waals surface area contributed by atoms with E-state index in [2.05, 4.69) is 46.7 Å². The van der Waals surface area contributed by atoms with Gasteiger partial charge < -0.3 is 5.32 Å². The molecular formula is C17H16ClN3S2. The summed E-state index contributed by atoms with van der Waals surface area (Å²) in [6.07, 6.45) is 1.05. The Bertz CT molecular complexity index is 754. The van der Waals surface area contributed by atoms with Crippen LogP contribution < -0.4 is 5.32 Å². The SMILES string of the molecule is CCc1ccc(Nc2nnc(SCc3ccc(Cl)cc3)s2)cc1. The molecule has 1 aromatic heterocycles. The van der Waals surface area contributed by atoms with Crippen LogP contribution in [0.25, 0.3) is 0 Å². The van der Waals surface area contributed by atoms with Gasteiger partial charge in [-0.15, -0.1) is 10.2 Å². The quantitative estimate of drug-likeness (QED) is 0.564. The van der Waals surface area contributed by atoms with Crippen LogP contribution in [0.5, 0.6) is 0 Å². The second kappa shape index (κ2) is 7.81. The summed E-state index contributed by atoms with van der Waals surface area (Å²) in [7, 11) is 0. The van der Waals surface area contributed by atoms with Gasteiger partial charge in [0.1, 0.15) is 0 Å². The van der Waals surface area contributed by atoms with Crippen LogP contribution in [-0.4, -0.2) is 10.2 Å². The monoisotopic (exact) mass is 361 g/mol. The lowest BCUT2D eigenvalue weighted by Gasteiger charge is -2.02. The van der Waals surface area contributed by atoms with Crippen LogP contribution in [0.15, 0.2) is 52.9 Å². The summed E-state index contributed by atoms with van der Waals surface area (Å²) in [4.78, 5) is 0. The minimum Gasteiger partial charge on any atom is -0.330 e. The summed E-state index contributed by atoms with van der Waals surface area (Å²) >= 11 is 9.14. The van der Waals surface area contributed by atoms with Gasteiger partial charge in [-0.25, -0.2) is 0 Å². The Balaban J connectivity index is 1.57. The number of aryl methyl sites for hydroxylation is 1. The zero-order valence-corrected chi connectivity index (χ0v) is 15.0. The second-order valence-corrected chi connectivity index (χ2v) is 7.60. The maximum absolute atomic E-state index is 5.89. The van der Waals surface area contributed by atoms with Crippen LogP contribution in [0, 0.1) is 0 Å². The number of aromatic nitrogens is 2. The van der Waals surface area contributed by atoms with Crippen molar-refractivity contribution in [3.63, 3.8) is 0 Å². The highest BCUT2D eigenvalue weighted by Crippen LogP contribution is 2.30. The predicted octanol–water partition coefficient (Wildman–Crippen LogP) is 5.79. The van der Waals surface area contributed by atoms with Crippen molar-refractivity contribution in [2.45, 2.75) is 23.4 Å². The van der Waals surface area contributed by atoms with E-state index in [0.29, 0.717) is 0 Å². The summed E-state index contributed by atoms with van der Waals surface area (Å²) in [6.45, 7) is 2.15. The maximum Gasteiger partial charge on any atom is 0.210 e. The van der Waals surface area contributed by atoms with E-state index < -0.39 is 0 Å². The Morgan fingerprint density at radius 3 is 2.39 bits per heavy atom. The average Bonchev–Trinajstić information content (AvgIpc) is 3.02. The highest BCUT2D eigenvalue weighted by molar-refractivity contribution is 8.00. The predicted molar refractivity (Wildman–Crippen MR) is 100 cm³/mol. The maximum atomic E-state index is 5.89. The van der Waals surface area contributed by atoms with Crippen molar-refractivity contribution < 1.29 is 0 Å². The Morgan fingerprint density at radius 1 is 1.00 bits per heavy atom. The molecule has 3 rings (SSSR count). The van der Waals surface area contributed by atoms with Crippen LogP contribution in [0.3, 0.4) is 0 Å². The third kappa shape index (κ3) is 4.70. The standard InChI is InChI=1S/C17H16ClN3S2/c1-2-12-5-9-15(10-6-12)19-16-20-21-17(23-16)22-11-13-3-7-14(18)8-4-13/h3-10H,2,11H2,1H3,(H,19,20). The van der Waals surface area contributed by atoms with Gasteiger partial charge in [0.05, 0.1) is 0 Å². The Kier molecular flexibility index (Phi) is 5.54. The molecule has 0 unspecified atom stereocenters. The lowest BCUT2D eigenvalue weighted by atomic mass is 10.1. The Hall–Kier alpha value is -1.56. The third-order valence-corrected chi connectivity index (χ3v) is 5.59. The van der Waals surface area contributed by atoms with Gasteiger partial charge in [-0.05, 0) is 41.8 Å². The fourth-order valence-corrected chi connectivity index (χ4v) is 3.85. The van der Waals surface area contributed by atoms with E-state index in [9.17, 15) is 0 Å². The molecular weight excluding hydrogens is 346 g/mol. The molecule has 2 aromatic carbocycles. The lowest BCUT2D eigenvalue weighted by Crippen LogP contribution is -1.89. The molecule has 0 saturated carbocycles. The Labute approximate surface area is 149 Å². The van der Waals surface area contributed by atoms with Crippen molar-refractivity contribution in [2.24, 2.45) is 0 Å². The third-order valence-electron chi connectivity index (χ3n) is 3.30. The molecule has 6 heteroatoms. The van der Waals surface area contributed by atoms with Gasteiger partial charge >= 0.3 is 0 Å². The second-order valence-electron chi connectivity index (χ2n) is 4.96. The van der Waals surface area contributed by atoms with Crippen molar-refractivity contribution in [3.8, 4) is 0 Å². The fraction of sp³-hybridized carbons (Fsp3) is 0.176. The van der Waals surface area contributed by atoms with E-state index in [0.717, 1.165) is 32.4 Å². The van der Waals surface area contributed by atoms with Gasteiger partial charge in [0.2, 0.25) is 5.13 Å². The first-order valence-corrected chi connectivity index (χ1v) is 9.47. The molecule has 23 heavy (non-hydrogen) atoms. The molecule has 0 amide bonds. The van der Waals surface area contributed by atoms with E-state index in [4.69, 9.17) is 11.6 Å². The number of nitrogens with one attached hydrogen (secondary N) is 1. The highest BCUT2D eigenvalue weighted by Gasteiger charge is 2.06. The molecule has 118 valence electrons. The number of thioether (sulfide) groups is 1. The number of hydrogen-bond acceptors (Lipinski definition) is 5. The molecule has 0 bridgehead atoms. The lowest BCUT2D eigenvalue weighted by molar-refractivity contribution is 1.01. The molecule has 0 saturated heterocycles. The summed E-state index contributed by atoms with van der Waals surface area (Å²) in [5.74, 6) is 0.858. The summed E-state index contributed by atoms with van der Waals surface area (Å²) < 4.78 is 0.952. The van der Waals surface area contributed by atoms with Crippen LogP contribution in [0.4, 0.5) is 10.8 Å². The largest absolute Gasteiger partial charge is 0.330 e. The van der Waals surface area contributed by atoms with Crippen molar-refractivity contribution in [1.29, 1.82) is 0 Å². The number of benzene rings is 2. The van der Waals surface area contributed by atoms with E-state index >= 15 is 0 Å². The van der Waals surface area contributed by atoms with Gasteiger partial charge in [0, 0.05) is 16.5 Å². The van der Waals surface area contributed by atoms with Crippen molar-refractivity contribution in [2.75, 3.05) is 5.32 Å². The summed E-state index contributed by atoms with van der Waals surface area (Å²) in [5, 5.41) is 13.3. The number of halogens is 1. The molecule has 1 heterocycles. The minimum atomic E-state index is 0.759. The van der Waals surface area contributed by atoms with Crippen molar-refractivity contribution in [3.05, 3.63) is 64.7 Å². The molecule has 0 aliphatic carbocycles. The average molecular weight is 362 g/mol. The molecule has 3 aromatic rings. The van der Waals surface area contributed by atoms with E-state index in [-0.39, 0.29) is 0 Å². The fourth-order valence-electron chi connectivity index (χ4n) is 1.99. The first-order valence-electron chi connectivity index (χ1n) is 7.29. The van der Waals surface area contributed by atoms with Crippen molar-refractivity contribution >= 4 is 45.5 Å². The molecule has 0 atom stereocenters.